The Hall–Kier alpha value is -1.28. The van der Waals surface area contributed by atoms with E-state index in [1.807, 2.05) is 13.8 Å². The second-order valence-corrected chi connectivity index (χ2v) is 4.55. The van der Waals surface area contributed by atoms with Crippen molar-refractivity contribution in [3.63, 3.8) is 0 Å². The molecule has 0 aromatic carbocycles. The van der Waals surface area contributed by atoms with Gasteiger partial charge >= 0.3 is 12.3 Å². The summed E-state index contributed by atoms with van der Waals surface area (Å²) in [6.45, 7) is 2.75. The van der Waals surface area contributed by atoms with Crippen LogP contribution in [0.25, 0.3) is 0 Å². The first-order valence-corrected chi connectivity index (χ1v) is 6.09. The zero-order chi connectivity index (χ0) is 15.2. The van der Waals surface area contributed by atoms with E-state index in [4.69, 9.17) is 0 Å². The normalized spacial score (nSPS) is 12.4. The Kier molecular flexibility index (Phi) is 6.28. The van der Waals surface area contributed by atoms with Gasteiger partial charge in [-0.05, 0) is 6.07 Å². The molecule has 0 saturated heterocycles. The molecular formula is C12H17F4N3O. The zero-order valence-electron chi connectivity index (χ0n) is 11.2. The monoisotopic (exact) mass is 295 g/mol. The molecule has 0 saturated carbocycles. The molecule has 0 radical (unpaired) electrons. The molecule has 0 atom stereocenters. The minimum atomic E-state index is -4.16. The highest BCUT2D eigenvalue weighted by Gasteiger charge is 2.40. The van der Waals surface area contributed by atoms with Gasteiger partial charge in [0.1, 0.15) is 13.2 Å². The number of hydrogen-bond donors (Lipinski definition) is 1. The van der Waals surface area contributed by atoms with Gasteiger partial charge in [-0.1, -0.05) is 13.8 Å². The SMILES string of the molecule is CC(C)NCc1ccnc(COCC(F)(F)C(F)F)n1. The highest BCUT2D eigenvalue weighted by atomic mass is 19.3. The first-order chi connectivity index (χ1) is 9.31. The molecule has 0 bridgehead atoms. The third-order valence-electron chi connectivity index (χ3n) is 2.30. The van der Waals surface area contributed by atoms with E-state index in [9.17, 15) is 17.6 Å². The molecule has 0 amide bonds. The Morgan fingerprint density at radius 1 is 1.35 bits per heavy atom. The third-order valence-corrected chi connectivity index (χ3v) is 2.30. The molecule has 1 aromatic heterocycles. The van der Waals surface area contributed by atoms with Crippen LogP contribution in [0.15, 0.2) is 12.3 Å². The number of rotatable bonds is 8. The quantitative estimate of drug-likeness (QED) is 0.748. The van der Waals surface area contributed by atoms with E-state index in [0.29, 0.717) is 12.2 Å². The van der Waals surface area contributed by atoms with Crippen LogP contribution in [0.2, 0.25) is 0 Å². The third kappa shape index (κ3) is 5.79. The highest BCUT2D eigenvalue weighted by molar-refractivity contribution is 5.01. The molecule has 8 heteroatoms. The van der Waals surface area contributed by atoms with Crippen LogP contribution in [0.5, 0.6) is 0 Å². The van der Waals surface area contributed by atoms with Crippen LogP contribution in [-0.2, 0) is 17.9 Å². The maximum absolute atomic E-state index is 12.6. The molecule has 20 heavy (non-hydrogen) atoms. The van der Waals surface area contributed by atoms with Crippen molar-refractivity contribution in [2.24, 2.45) is 0 Å². The van der Waals surface area contributed by atoms with E-state index in [-0.39, 0.29) is 18.5 Å². The number of halogens is 4. The molecule has 0 aliphatic heterocycles. The lowest BCUT2D eigenvalue weighted by Gasteiger charge is -2.14. The average molecular weight is 295 g/mol. The molecule has 0 spiro atoms. The number of nitrogens with zero attached hydrogens (tertiary/aromatic N) is 2. The van der Waals surface area contributed by atoms with Gasteiger partial charge in [-0.2, -0.15) is 8.78 Å². The molecule has 0 fully saturated rings. The maximum atomic E-state index is 12.6. The predicted molar refractivity (Wildman–Crippen MR) is 64.6 cm³/mol. The zero-order valence-corrected chi connectivity index (χ0v) is 11.2. The van der Waals surface area contributed by atoms with Gasteiger partial charge in [-0.3, -0.25) is 0 Å². The fourth-order valence-corrected chi connectivity index (χ4v) is 1.26. The van der Waals surface area contributed by atoms with Crippen LogP contribution in [0.3, 0.4) is 0 Å². The van der Waals surface area contributed by atoms with Crippen LogP contribution < -0.4 is 5.32 Å². The van der Waals surface area contributed by atoms with E-state index in [0.717, 1.165) is 0 Å². The Bertz CT molecular complexity index is 415. The fourth-order valence-electron chi connectivity index (χ4n) is 1.26. The van der Waals surface area contributed by atoms with Crippen molar-refractivity contribution >= 4 is 0 Å². The molecule has 4 nitrogen and oxygen atoms in total. The molecular weight excluding hydrogens is 278 g/mol. The molecule has 1 heterocycles. The Morgan fingerprint density at radius 2 is 2.05 bits per heavy atom. The summed E-state index contributed by atoms with van der Waals surface area (Å²) in [7, 11) is 0. The van der Waals surface area contributed by atoms with Crippen molar-refractivity contribution in [2.45, 2.75) is 45.4 Å². The van der Waals surface area contributed by atoms with Crippen LogP contribution in [-0.4, -0.2) is 35.0 Å². The van der Waals surface area contributed by atoms with Gasteiger partial charge in [0.15, 0.2) is 5.82 Å². The number of alkyl halides is 4. The molecule has 114 valence electrons. The Labute approximate surface area is 114 Å². The summed E-state index contributed by atoms with van der Waals surface area (Å²) in [6, 6.07) is 1.95. The van der Waals surface area contributed by atoms with Gasteiger partial charge in [0.25, 0.3) is 0 Å². The molecule has 1 rings (SSSR count). The lowest BCUT2D eigenvalue weighted by atomic mass is 10.3. The van der Waals surface area contributed by atoms with Gasteiger partial charge in [0, 0.05) is 18.8 Å². The summed E-state index contributed by atoms with van der Waals surface area (Å²) in [5.74, 6) is -3.98. The second kappa shape index (κ2) is 7.49. The van der Waals surface area contributed by atoms with Crippen LogP contribution in [0.4, 0.5) is 17.6 Å². The van der Waals surface area contributed by atoms with Crippen LogP contribution in [0.1, 0.15) is 25.4 Å². The number of nitrogens with one attached hydrogen (secondary N) is 1. The van der Waals surface area contributed by atoms with Gasteiger partial charge in [0.2, 0.25) is 0 Å². The Balaban J connectivity index is 2.46. The maximum Gasteiger partial charge on any atom is 0.330 e. The first kappa shape index (κ1) is 16.8. The molecule has 0 aliphatic carbocycles. The largest absolute Gasteiger partial charge is 0.367 e. The molecule has 1 N–H and O–H groups in total. The number of hydrogen-bond acceptors (Lipinski definition) is 4. The fraction of sp³-hybridized carbons (Fsp3) is 0.667. The van der Waals surface area contributed by atoms with Crippen molar-refractivity contribution in [1.82, 2.24) is 15.3 Å². The van der Waals surface area contributed by atoms with Crippen LogP contribution in [0, 0.1) is 0 Å². The molecule has 0 unspecified atom stereocenters. The van der Waals surface area contributed by atoms with Gasteiger partial charge in [0.05, 0.1) is 5.69 Å². The van der Waals surface area contributed by atoms with Gasteiger partial charge in [-0.25, -0.2) is 18.7 Å². The highest BCUT2D eigenvalue weighted by Crippen LogP contribution is 2.23. The minimum absolute atomic E-state index is 0.179. The van der Waals surface area contributed by atoms with Gasteiger partial charge in [-0.15, -0.1) is 0 Å². The lowest BCUT2D eigenvalue weighted by molar-refractivity contribution is -0.168. The van der Waals surface area contributed by atoms with E-state index in [2.05, 4.69) is 20.0 Å². The lowest BCUT2D eigenvalue weighted by Crippen LogP contribution is -2.32. The summed E-state index contributed by atoms with van der Waals surface area (Å²) in [4.78, 5) is 7.91. The van der Waals surface area contributed by atoms with Crippen molar-refractivity contribution in [1.29, 1.82) is 0 Å². The summed E-state index contributed by atoms with van der Waals surface area (Å²) in [6.07, 6.45) is -2.28. The topological polar surface area (TPSA) is 47.0 Å². The van der Waals surface area contributed by atoms with Crippen molar-refractivity contribution in [2.75, 3.05) is 6.61 Å². The van der Waals surface area contributed by atoms with Crippen molar-refractivity contribution < 1.29 is 22.3 Å². The average Bonchev–Trinajstić information content (AvgIpc) is 2.36. The predicted octanol–water partition coefficient (Wildman–Crippen LogP) is 2.39. The number of aromatic nitrogens is 2. The van der Waals surface area contributed by atoms with E-state index < -0.39 is 19.0 Å². The van der Waals surface area contributed by atoms with Crippen LogP contribution >= 0.6 is 0 Å². The summed E-state index contributed by atoms with van der Waals surface area (Å²) in [5, 5.41) is 3.13. The van der Waals surface area contributed by atoms with Gasteiger partial charge < -0.3 is 10.1 Å². The van der Waals surface area contributed by atoms with E-state index in [1.54, 1.807) is 6.07 Å². The summed E-state index contributed by atoms with van der Waals surface area (Å²) in [5.41, 5.74) is 0.674. The summed E-state index contributed by atoms with van der Waals surface area (Å²) >= 11 is 0. The van der Waals surface area contributed by atoms with Crippen molar-refractivity contribution in [3.05, 3.63) is 23.8 Å². The summed E-state index contributed by atoms with van der Waals surface area (Å²) < 4.78 is 53.6. The van der Waals surface area contributed by atoms with E-state index >= 15 is 0 Å². The van der Waals surface area contributed by atoms with E-state index in [1.165, 1.54) is 6.20 Å². The Morgan fingerprint density at radius 3 is 2.65 bits per heavy atom. The molecule has 1 aromatic rings. The van der Waals surface area contributed by atoms with Crippen molar-refractivity contribution in [3.8, 4) is 0 Å². The smallest absolute Gasteiger partial charge is 0.330 e. The minimum Gasteiger partial charge on any atom is -0.367 e. The standard InChI is InChI=1S/C12H17F4N3O/c1-8(2)18-5-9-3-4-17-10(19-9)6-20-7-12(15,16)11(13)14/h3-4,8,11,18H,5-7H2,1-2H3. The molecule has 0 aliphatic rings. The second-order valence-electron chi connectivity index (χ2n) is 4.55. The number of ether oxygens (including phenoxy) is 1. The first-order valence-electron chi connectivity index (χ1n) is 6.09.